The number of carbonyl (C=O) groups is 1. The Labute approximate surface area is 126 Å². The normalized spacial score (nSPS) is 34.1. The molecule has 3 rings (SSSR count). The van der Waals surface area contributed by atoms with Gasteiger partial charge in [0.2, 0.25) is 15.9 Å². The molecular formula is C14H24N2O4S. The summed E-state index contributed by atoms with van der Waals surface area (Å²) in [5.74, 6) is 0.397. The number of rotatable bonds is 3. The summed E-state index contributed by atoms with van der Waals surface area (Å²) >= 11 is 0. The third-order valence-corrected chi connectivity index (χ3v) is 5.82. The zero-order valence-corrected chi connectivity index (χ0v) is 13.3. The summed E-state index contributed by atoms with van der Waals surface area (Å²) in [6, 6.07) is 0.0538. The molecule has 21 heavy (non-hydrogen) atoms. The minimum atomic E-state index is -3.12. The summed E-state index contributed by atoms with van der Waals surface area (Å²) in [6.07, 6.45) is 5.59. The van der Waals surface area contributed by atoms with Crippen LogP contribution in [-0.2, 0) is 19.6 Å². The van der Waals surface area contributed by atoms with E-state index in [1.807, 2.05) is 4.90 Å². The third kappa shape index (κ3) is 3.40. The molecule has 0 aromatic rings. The van der Waals surface area contributed by atoms with Crippen LogP contribution in [0.3, 0.4) is 0 Å². The molecule has 0 bridgehead atoms. The summed E-state index contributed by atoms with van der Waals surface area (Å²) in [5, 5.41) is 0. The number of hydrogen-bond donors (Lipinski definition) is 1. The van der Waals surface area contributed by atoms with Crippen LogP contribution < -0.4 is 4.72 Å². The Morgan fingerprint density at radius 1 is 1.29 bits per heavy atom. The van der Waals surface area contributed by atoms with E-state index in [2.05, 4.69) is 4.72 Å². The van der Waals surface area contributed by atoms with Gasteiger partial charge in [0.1, 0.15) is 0 Å². The average Bonchev–Trinajstić information content (AvgIpc) is 2.82. The summed E-state index contributed by atoms with van der Waals surface area (Å²) < 4.78 is 30.4. The molecular weight excluding hydrogens is 292 g/mol. The largest absolute Gasteiger partial charge is 0.381 e. The number of amides is 1. The van der Waals surface area contributed by atoms with Gasteiger partial charge in [-0.15, -0.1) is 0 Å². The van der Waals surface area contributed by atoms with Crippen LogP contribution in [0.15, 0.2) is 0 Å². The topological polar surface area (TPSA) is 75.7 Å². The number of ether oxygens (including phenoxy) is 1. The van der Waals surface area contributed by atoms with Gasteiger partial charge in [-0.3, -0.25) is 4.79 Å². The van der Waals surface area contributed by atoms with Crippen LogP contribution in [0.5, 0.6) is 0 Å². The van der Waals surface area contributed by atoms with Crippen LogP contribution in [0.2, 0.25) is 0 Å². The van der Waals surface area contributed by atoms with Gasteiger partial charge in [0, 0.05) is 38.3 Å². The first kappa shape index (κ1) is 15.2. The molecule has 6 nitrogen and oxygen atoms in total. The van der Waals surface area contributed by atoms with Gasteiger partial charge in [0.15, 0.2) is 0 Å². The van der Waals surface area contributed by atoms with Crippen molar-refractivity contribution in [2.45, 2.75) is 38.1 Å². The van der Waals surface area contributed by atoms with Crippen LogP contribution in [0.1, 0.15) is 32.1 Å². The van der Waals surface area contributed by atoms with Gasteiger partial charge < -0.3 is 9.64 Å². The third-order valence-electron chi connectivity index (χ3n) is 5.06. The Kier molecular flexibility index (Phi) is 4.00. The van der Waals surface area contributed by atoms with Crippen molar-refractivity contribution in [2.75, 3.05) is 32.6 Å². The monoisotopic (exact) mass is 316 g/mol. The van der Waals surface area contributed by atoms with E-state index in [0.29, 0.717) is 13.2 Å². The molecule has 0 radical (unpaired) electrons. The van der Waals surface area contributed by atoms with Crippen molar-refractivity contribution >= 4 is 15.9 Å². The molecule has 1 spiro atoms. The fourth-order valence-corrected chi connectivity index (χ4v) is 4.80. The highest BCUT2D eigenvalue weighted by atomic mass is 32.2. The first-order chi connectivity index (χ1) is 9.87. The fourth-order valence-electron chi connectivity index (χ4n) is 4.03. The predicted octanol–water partition coefficient (Wildman–Crippen LogP) is 0.343. The Bertz CT molecular complexity index is 507. The number of nitrogens with zero attached hydrogens (tertiary/aromatic N) is 1. The molecule has 1 saturated carbocycles. The lowest BCUT2D eigenvalue weighted by atomic mass is 9.65. The Morgan fingerprint density at radius 2 is 1.95 bits per heavy atom. The highest BCUT2D eigenvalue weighted by molar-refractivity contribution is 7.88. The zero-order valence-electron chi connectivity index (χ0n) is 12.5. The quantitative estimate of drug-likeness (QED) is 0.815. The summed E-state index contributed by atoms with van der Waals surface area (Å²) in [7, 11) is -3.12. The van der Waals surface area contributed by atoms with Gasteiger partial charge in [-0.2, -0.15) is 0 Å². The Morgan fingerprint density at radius 3 is 2.57 bits per heavy atom. The molecule has 7 heteroatoms. The second kappa shape index (κ2) is 5.52. The number of sulfonamides is 1. The minimum Gasteiger partial charge on any atom is -0.381 e. The van der Waals surface area contributed by atoms with Crippen LogP contribution in [0.4, 0.5) is 0 Å². The second-order valence-corrected chi connectivity index (χ2v) is 8.67. The maximum Gasteiger partial charge on any atom is 0.225 e. The molecule has 120 valence electrons. The van der Waals surface area contributed by atoms with E-state index in [4.69, 9.17) is 4.74 Å². The van der Waals surface area contributed by atoms with Crippen molar-refractivity contribution in [3.63, 3.8) is 0 Å². The van der Waals surface area contributed by atoms with Crippen molar-refractivity contribution in [3.05, 3.63) is 0 Å². The van der Waals surface area contributed by atoms with E-state index < -0.39 is 10.0 Å². The van der Waals surface area contributed by atoms with Crippen LogP contribution >= 0.6 is 0 Å². The first-order valence-corrected chi connectivity index (χ1v) is 9.60. The van der Waals surface area contributed by atoms with Crippen molar-refractivity contribution in [2.24, 2.45) is 11.3 Å². The molecule has 3 aliphatic rings. The van der Waals surface area contributed by atoms with Crippen molar-refractivity contribution < 1.29 is 17.9 Å². The summed E-state index contributed by atoms with van der Waals surface area (Å²) in [6.45, 7) is 3.00. The summed E-state index contributed by atoms with van der Waals surface area (Å²) in [5.41, 5.74) is 0.156. The SMILES string of the molecule is CS(=O)(=O)NC1CC2(CCN(C(=O)C3CCOCC3)C2)C1. The van der Waals surface area contributed by atoms with E-state index in [-0.39, 0.29) is 23.3 Å². The van der Waals surface area contributed by atoms with Gasteiger partial charge in [-0.25, -0.2) is 13.1 Å². The zero-order chi connectivity index (χ0) is 15.1. The lowest BCUT2D eigenvalue weighted by Gasteiger charge is -2.45. The maximum absolute atomic E-state index is 12.5. The molecule has 0 aromatic carbocycles. The smallest absolute Gasteiger partial charge is 0.225 e. The van der Waals surface area contributed by atoms with Gasteiger partial charge in [-0.05, 0) is 37.5 Å². The molecule has 0 atom stereocenters. The number of likely N-dealkylation sites (tertiary alicyclic amines) is 1. The molecule has 1 N–H and O–H groups in total. The Balaban J connectivity index is 1.51. The Hall–Kier alpha value is -0.660. The molecule has 1 aliphatic carbocycles. The van der Waals surface area contributed by atoms with E-state index in [9.17, 15) is 13.2 Å². The molecule has 0 aromatic heterocycles. The first-order valence-electron chi connectivity index (χ1n) is 7.71. The van der Waals surface area contributed by atoms with Gasteiger partial charge in [0.05, 0.1) is 6.26 Å². The van der Waals surface area contributed by atoms with Crippen LogP contribution in [-0.4, -0.2) is 57.8 Å². The lowest BCUT2D eigenvalue weighted by Crippen LogP contribution is -2.52. The average molecular weight is 316 g/mol. The lowest BCUT2D eigenvalue weighted by molar-refractivity contribution is -0.138. The van der Waals surface area contributed by atoms with Gasteiger partial charge in [-0.1, -0.05) is 0 Å². The van der Waals surface area contributed by atoms with E-state index in [0.717, 1.165) is 45.2 Å². The molecule has 2 saturated heterocycles. The van der Waals surface area contributed by atoms with Crippen LogP contribution in [0, 0.1) is 11.3 Å². The maximum atomic E-state index is 12.5. The second-order valence-electron chi connectivity index (χ2n) is 6.89. The number of nitrogens with one attached hydrogen (secondary N) is 1. The van der Waals surface area contributed by atoms with Crippen molar-refractivity contribution in [3.8, 4) is 0 Å². The summed E-state index contributed by atoms with van der Waals surface area (Å²) in [4.78, 5) is 14.5. The van der Waals surface area contributed by atoms with Gasteiger partial charge in [0.25, 0.3) is 0 Å². The molecule has 1 amide bonds. The molecule has 0 unspecified atom stereocenters. The van der Waals surface area contributed by atoms with E-state index in [1.165, 1.54) is 6.26 Å². The predicted molar refractivity (Wildman–Crippen MR) is 78.2 cm³/mol. The van der Waals surface area contributed by atoms with Crippen molar-refractivity contribution in [1.29, 1.82) is 0 Å². The standard InChI is InChI=1S/C14H24N2O4S/c1-21(18,19)15-12-8-14(9-12)4-5-16(10-14)13(17)11-2-6-20-7-3-11/h11-12,15H,2-10H2,1H3. The molecule has 2 aliphatic heterocycles. The van der Waals surface area contributed by atoms with E-state index >= 15 is 0 Å². The number of hydrogen-bond acceptors (Lipinski definition) is 4. The highest BCUT2D eigenvalue weighted by Crippen LogP contribution is 2.48. The fraction of sp³-hybridized carbons (Fsp3) is 0.929. The van der Waals surface area contributed by atoms with Crippen molar-refractivity contribution in [1.82, 2.24) is 9.62 Å². The molecule has 2 heterocycles. The van der Waals surface area contributed by atoms with Crippen LogP contribution in [0.25, 0.3) is 0 Å². The molecule has 3 fully saturated rings. The highest BCUT2D eigenvalue weighted by Gasteiger charge is 2.50. The minimum absolute atomic E-state index is 0.0538. The van der Waals surface area contributed by atoms with Gasteiger partial charge >= 0.3 is 0 Å². The van der Waals surface area contributed by atoms with E-state index in [1.54, 1.807) is 0 Å². The number of carbonyl (C=O) groups excluding carboxylic acids is 1.